The average Bonchev–Trinajstić information content (AvgIpc) is 2.01. The highest BCUT2D eigenvalue weighted by molar-refractivity contribution is 14.1. The molecule has 0 bridgehead atoms. The Labute approximate surface area is 85.6 Å². The van der Waals surface area contributed by atoms with Crippen molar-refractivity contribution in [3.05, 3.63) is 21.4 Å². The van der Waals surface area contributed by atoms with Gasteiger partial charge in [0.15, 0.2) is 0 Å². The number of nitrogens with zero attached hydrogens (tertiary/aromatic N) is 1. The van der Waals surface area contributed by atoms with E-state index in [4.69, 9.17) is 5.84 Å². The molecule has 1 rings (SSSR count). The third-order valence-electron chi connectivity index (χ3n) is 1.31. The van der Waals surface area contributed by atoms with Gasteiger partial charge in [-0.2, -0.15) is 13.2 Å². The molecule has 0 saturated carbocycles. The van der Waals surface area contributed by atoms with Crippen molar-refractivity contribution < 1.29 is 13.2 Å². The number of hydrogen-bond acceptors (Lipinski definition) is 3. The van der Waals surface area contributed by atoms with Crippen molar-refractivity contribution in [3.8, 4) is 0 Å². The van der Waals surface area contributed by atoms with E-state index in [1.54, 1.807) is 22.6 Å². The Morgan fingerprint density at radius 3 is 2.46 bits per heavy atom. The Kier molecular flexibility index (Phi) is 2.96. The molecule has 0 unspecified atom stereocenters. The van der Waals surface area contributed by atoms with Gasteiger partial charge in [0.05, 0.1) is 5.56 Å². The largest absolute Gasteiger partial charge is 0.418 e. The summed E-state index contributed by atoms with van der Waals surface area (Å²) in [5.41, 5.74) is 1.41. The minimum atomic E-state index is -4.36. The maximum atomic E-state index is 12.2. The quantitative estimate of drug-likeness (QED) is 0.474. The molecule has 1 aromatic rings. The lowest BCUT2D eigenvalue weighted by Crippen LogP contribution is -2.12. The number of rotatable bonds is 1. The molecule has 3 nitrogen and oxygen atoms in total. The van der Waals surface area contributed by atoms with Crippen LogP contribution in [0.15, 0.2) is 12.3 Å². The van der Waals surface area contributed by atoms with Crippen LogP contribution < -0.4 is 11.3 Å². The van der Waals surface area contributed by atoms with Crippen LogP contribution in [0.5, 0.6) is 0 Å². The van der Waals surface area contributed by atoms with Gasteiger partial charge in [0.2, 0.25) is 0 Å². The van der Waals surface area contributed by atoms with Crippen molar-refractivity contribution >= 4 is 28.4 Å². The van der Waals surface area contributed by atoms with Crippen LogP contribution in [0.2, 0.25) is 0 Å². The van der Waals surface area contributed by atoms with Gasteiger partial charge >= 0.3 is 6.18 Å². The monoisotopic (exact) mass is 303 g/mol. The van der Waals surface area contributed by atoms with Gasteiger partial charge < -0.3 is 5.43 Å². The highest BCUT2D eigenvalue weighted by Crippen LogP contribution is 2.32. The van der Waals surface area contributed by atoms with Gasteiger partial charge in [0, 0.05) is 9.77 Å². The lowest BCUT2D eigenvalue weighted by Gasteiger charge is -2.09. The lowest BCUT2D eigenvalue weighted by molar-refractivity contribution is -0.138. The number of hydrogen-bond donors (Lipinski definition) is 2. The Balaban J connectivity index is 3.13. The van der Waals surface area contributed by atoms with Crippen molar-refractivity contribution in [2.75, 3.05) is 5.43 Å². The van der Waals surface area contributed by atoms with Gasteiger partial charge in [-0.15, -0.1) is 0 Å². The van der Waals surface area contributed by atoms with Gasteiger partial charge in [0.25, 0.3) is 0 Å². The Hall–Kier alpha value is -0.570. The molecular weight excluding hydrogens is 298 g/mol. The van der Waals surface area contributed by atoms with E-state index in [0.717, 1.165) is 6.20 Å². The second kappa shape index (κ2) is 3.66. The second-order valence-corrected chi connectivity index (χ2v) is 3.35. The summed E-state index contributed by atoms with van der Waals surface area (Å²) in [6, 6.07) is 1.23. The summed E-state index contributed by atoms with van der Waals surface area (Å²) >= 11 is 1.58. The zero-order chi connectivity index (χ0) is 10.1. The van der Waals surface area contributed by atoms with Gasteiger partial charge in [0.1, 0.15) is 5.82 Å². The molecule has 1 heterocycles. The molecule has 0 amide bonds. The molecule has 0 saturated heterocycles. The number of aromatic nitrogens is 1. The van der Waals surface area contributed by atoms with Crippen LogP contribution in [-0.4, -0.2) is 4.98 Å². The van der Waals surface area contributed by atoms with Gasteiger partial charge in [-0.25, -0.2) is 10.8 Å². The van der Waals surface area contributed by atoms with E-state index in [-0.39, 0.29) is 9.39 Å². The van der Waals surface area contributed by atoms with Crippen molar-refractivity contribution in [2.24, 2.45) is 5.84 Å². The first-order valence-corrected chi connectivity index (χ1v) is 4.22. The molecule has 7 heteroatoms. The summed E-state index contributed by atoms with van der Waals surface area (Å²) in [5.74, 6) is 5.19. The maximum Gasteiger partial charge on any atom is 0.418 e. The van der Waals surface area contributed by atoms with E-state index in [1.807, 2.05) is 0 Å². The average molecular weight is 303 g/mol. The van der Waals surface area contributed by atoms with E-state index in [2.05, 4.69) is 10.4 Å². The van der Waals surface area contributed by atoms with Gasteiger partial charge in [-0.05, 0) is 28.7 Å². The van der Waals surface area contributed by atoms with Crippen molar-refractivity contribution in [3.63, 3.8) is 0 Å². The first kappa shape index (κ1) is 10.5. The molecule has 0 fully saturated rings. The zero-order valence-corrected chi connectivity index (χ0v) is 8.35. The molecule has 0 aliphatic rings. The highest BCUT2D eigenvalue weighted by atomic mass is 127. The molecule has 0 spiro atoms. The summed E-state index contributed by atoms with van der Waals surface area (Å²) in [7, 11) is 0. The molecule has 0 radical (unpaired) electrons. The van der Waals surface area contributed by atoms with E-state index < -0.39 is 11.7 Å². The highest BCUT2D eigenvalue weighted by Gasteiger charge is 2.33. The van der Waals surface area contributed by atoms with Crippen LogP contribution in [0.3, 0.4) is 0 Å². The second-order valence-electron chi connectivity index (χ2n) is 2.19. The molecule has 0 aliphatic heterocycles. The first-order chi connectivity index (χ1) is 5.95. The van der Waals surface area contributed by atoms with Crippen molar-refractivity contribution in [2.45, 2.75) is 6.18 Å². The molecule has 3 N–H and O–H groups in total. The molecule has 0 atom stereocenters. The summed E-state index contributed by atoms with van der Waals surface area (Å²) < 4.78 is 36.6. The predicted molar refractivity (Wildman–Crippen MR) is 49.8 cm³/mol. The SMILES string of the molecule is NNc1cc(I)c(C(F)(F)F)cn1. The smallest absolute Gasteiger partial charge is 0.308 e. The number of pyridine rings is 1. The number of alkyl halides is 3. The summed E-state index contributed by atoms with van der Waals surface area (Å²) in [6.45, 7) is 0. The van der Waals surface area contributed by atoms with Crippen LogP contribution in [0.25, 0.3) is 0 Å². The fourth-order valence-corrected chi connectivity index (χ4v) is 1.46. The minimum Gasteiger partial charge on any atom is -0.308 e. The van der Waals surface area contributed by atoms with Crippen molar-refractivity contribution in [1.29, 1.82) is 0 Å². The number of nitrogen functional groups attached to an aromatic ring is 1. The van der Waals surface area contributed by atoms with E-state index in [9.17, 15) is 13.2 Å². The Morgan fingerprint density at radius 1 is 1.46 bits per heavy atom. The number of nitrogens with two attached hydrogens (primary N) is 1. The molecular formula is C6H5F3IN3. The van der Waals surface area contributed by atoms with Gasteiger partial charge in [-0.1, -0.05) is 0 Å². The summed E-state index contributed by atoms with van der Waals surface area (Å²) in [6.07, 6.45) is -3.62. The maximum absolute atomic E-state index is 12.2. The van der Waals surface area contributed by atoms with Crippen LogP contribution in [0, 0.1) is 3.57 Å². The van der Waals surface area contributed by atoms with Crippen LogP contribution in [-0.2, 0) is 6.18 Å². The third-order valence-corrected chi connectivity index (χ3v) is 2.20. The van der Waals surface area contributed by atoms with E-state index in [1.165, 1.54) is 6.07 Å². The summed E-state index contributed by atoms with van der Waals surface area (Å²) in [5, 5.41) is 0. The zero-order valence-electron chi connectivity index (χ0n) is 6.19. The molecule has 13 heavy (non-hydrogen) atoms. The Morgan fingerprint density at radius 2 is 2.08 bits per heavy atom. The number of anilines is 1. The summed E-state index contributed by atoms with van der Waals surface area (Å²) in [4.78, 5) is 3.46. The number of halogens is 4. The fraction of sp³-hybridized carbons (Fsp3) is 0.167. The predicted octanol–water partition coefficient (Wildman–Crippen LogP) is 1.99. The third kappa shape index (κ3) is 2.44. The van der Waals surface area contributed by atoms with E-state index >= 15 is 0 Å². The molecule has 0 aliphatic carbocycles. The lowest BCUT2D eigenvalue weighted by atomic mass is 10.3. The number of nitrogens with one attached hydrogen (secondary N) is 1. The van der Waals surface area contributed by atoms with Crippen LogP contribution in [0.1, 0.15) is 5.56 Å². The molecule has 72 valence electrons. The normalized spacial score (nSPS) is 11.5. The molecule has 1 aromatic heterocycles. The minimum absolute atomic E-state index is 0.0630. The first-order valence-electron chi connectivity index (χ1n) is 3.14. The molecule has 0 aromatic carbocycles. The van der Waals surface area contributed by atoms with Crippen LogP contribution in [0.4, 0.5) is 19.0 Å². The fourth-order valence-electron chi connectivity index (χ4n) is 0.718. The van der Waals surface area contributed by atoms with Gasteiger partial charge in [-0.3, -0.25) is 0 Å². The Bertz CT molecular complexity index is 312. The van der Waals surface area contributed by atoms with Crippen molar-refractivity contribution in [1.82, 2.24) is 4.98 Å². The topological polar surface area (TPSA) is 50.9 Å². The number of hydrazine groups is 1. The van der Waals surface area contributed by atoms with E-state index in [0.29, 0.717) is 0 Å². The van der Waals surface area contributed by atoms with Crippen LogP contribution >= 0.6 is 22.6 Å². The standard InChI is InChI=1S/C6H5F3IN3/c7-6(8,9)3-2-12-5(13-11)1-4(3)10/h1-2H,11H2,(H,12,13).